The predicted octanol–water partition coefficient (Wildman–Crippen LogP) is 1.57. The Kier molecular flexibility index (Phi) is 2.91. The van der Waals surface area contributed by atoms with Gasteiger partial charge >= 0.3 is 0 Å². The van der Waals surface area contributed by atoms with Gasteiger partial charge in [-0.05, 0) is 24.8 Å². The molecule has 1 aromatic heterocycles. The fourth-order valence-electron chi connectivity index (χ4n) is 0.903. The first-order valence-electron chi connectivity index (χ1n) is 3.47. The Morgan fingerprint density at radius 1 is 1.64 bits per heavy atom. The van der Waals surface area contributed by atoms with Crippen LogP contribution in [0.2, 0.25) is 0 Å². The number of pyridine rings is 1. The lowest BCUT2D eigenvalue weighted by Gasteiger charge is -2.02. The van der Waals surface area contributed by atoms with Gasteiger partial charge in [0.15, 0.2) is 0 Å². The van der Waals surface area contributed by atoms with E-state index in [0.29, 0.717) is 6.54 Å². The van der Waals surface area contributed by atoms with Gasteiger partial charge in [0.05, 0.1) is 5.69 Å². The zero-order valence-corrected chi connectivity index (χ0v) is 7.61. The average molecular weight is 168 g/mol. The molecule has 0 saturated heterocycles. The van der Waals surface area contributed by atoms with Gasteiger partial charge in [-0.25, -0.2) is 0 Å². The molecular formula is C8H12N2S. The monoisotopic (exact) mass is 168 g/mol. The van der Waals surface area contributed by atoms with Gasteiger partial charge in [0.25, 0.3) is 0 Å². The van der Waals surface area contributed by atoms with Crippen LogP contribution in [0.1, 0.15) is 11.3 Å². The van der Waals surface area contributed by atoms with E-state index in [1.807, 2.05) is 19.4 Å². The third-order valence-electron chi connectivity index (χ3n) is 1.59. The zero-order chi connectivity index (χ0) is 8.27. The maximum absolute atomic E-state index is 5.47. The normalized spacial score (nSPS) is 10.1. The Morgan fingerprint density at radius 3 is 2.82 bits per heavy atom. The molecule has 2 N–H and O–H groups in total. The van der Waals surface area contributed by atoms with Gasteiger partial charge < -0.3 is 5.73 Å². The highest BCUT2D eigenvalue weighted by Crippen LogP contribution is 2.15. The Bertz CT molecular complexity index is 248. The van der Waals surface area contributed by atoms with Crippen LogP contribution in [0.4, 0.5) is 0 Å². The molecule has 11 heavy (non-hydrogen) atoms. The van der Waals surface area contributed by atoms with Crippen molar-refractivity contribution in [2.24, 2.45) is 5.73 Å². The number of hydrogen-bond donors (Lipinski definition) is 1. The molecule has 1 aromatic rings. The minimum absolute atomic E-state index is 0.528. The smallest absolute Gasteiger partial charge is 0.0569 e. The fraction of sp³-hybridized carbons (Fsp3) is 0.375. The van der Waals surface area contributed by atoms with Crippen molar-refractivity contribution in [1.29, 1.82) is 0 Å². The second-order valence-corrected chi connectivity index (χ2v) is 3.22. The molecule has 0 aliphatic heterocycles. The lowest BCUT2D eigenvalue weighted by atomic mass is 10.2. The Morgan fingerprint density at radius 2 is 2.36 bits per heavy atom. The average Bonchev–Trinajstić information content (AvgIpc) is 2.04. The summed E-state index contributed by atoms with van der Waals surface area (Å²) in [6.07, 6.45) is 3.90. The minimum Gasteiger partial charge on any atom is -0.325 e. The first-order chi connectivity index (χ1) is 5.27. The fourth-order valence-corrected chi connectivity index (χ4v) is 1.36. The van der Waals surface area contributed by atoms with Gasteiger partial charge in [0.2, 0.25) is 0 Å². The van der Waals surface area contributed by atoms with Crippen LogP contribution in [0.15, 0.2) is 17.2 Å². The highest BCUT2D eigenvalue weighted by atomic mass is 32.2. The van der Waals surface area contributed by atoms with Crippen molar-refractivity contribution in [2.45, 2.75) is 18.4 Å². The summed E-state index contributed by atoms with van der Waals surface area (Å²) >= 11 is 1.70. The molecule has 60 valence electrons. The van der Waals surface area contributed by atoms with Crippen LogP contribution < -0.4 is 5.73 Å². The lowest BCUT2D eigenvalue weighted by Crippen LogP contribution is -2.01. The Balaban J connectivity index is 2.99. The predicted molar refractivity (Wildman–Crippen MR) is 48.6 cm³/mol. The summed E-state index contributed by atoms with van der Waals surface area (Å²) in [4.78, 5) is 5.42. The number of rotatable bonds is 2. The van der Waals surface area contributed by atoms with Crippen LogP contribution in [0.3, 0.4) is 0 Å². The van der Waals surface area contributed by atoms with E-state index in [2.05, 4.69) is 11.1 Å². The highest BCUT2D eigenvalue weighted by Gasteiger charge is 1.97. The third kappa shape index (κ3) is 1.94. The summed E-state index contributed by atoms with van der Waals surface area (Å²) in [5.74, 6) is 0. The topological polar surface area (TPSA) is 38.9 Å². The van der Waals surface area contributed by atoms with Crippen molar-refractivity contribution in [2.75, 3.05) is 6.26 Å². The van der Waals surface area contributed by atoms with Gasteiger partial charge in [-0.15, -0.1) is 11.8 Å². The quantitative estimate of drug-likeness (QED) is 0.681. The summed E-state index contributed by atoms with van der Waals surface area (Å²) in [6, 6.07) is 2.11. The summed E-state index contributed by atoms with van der Waals surface area (Å²) in [7, 11) is 0. The molecule has 0 radical (unpaired) electrons. The van der Waals surface area contributed by atoms with Crippen LogP contribution in [0, 0.1) is 6.92 Å². The van der Waals surface area contributed by atoms with Crippen molar-refractivity contribution in [3.05, 3.63) is 23.5 Å². The van der Waals surface area contributed by atoms with E-state index >= 15 is 0 Å². The first kappa shape index (κ1) is 8.56. The van der Waals surface area contributed by atoms with Crippen LogP contribution in [-0.2, 0) is 6.54 Å². The van der Waals surface area contributed by atoms with Crippen molar-refractivity contribution < 1.29 is 0 Å². The van der Waals surface area contributed by atoms with Crippen molar-refractivity contribution in [3.8, 4) is 0 Å². The number of nitrogens with zero attached hydrogens (tertiary/aromatic N) is 1. The molecule has 0 aliphatic carbocycles. The number of nitrogens with two attached hydrogens (primary N) is 1. The second-order valence-electron chi connectivity index (χ2n) is 2.34. The number of hydrogen-bond acceptors (Lipinski definition) is 3. The highest BCUT2D eigenvalue weighted by molar-refractivity contribution is 7.98. The molecule has 1 rings (SSSR count). The van der Waals surface area contributed by atoms with E-state index in [-0.39, 0.29) is 0 Å². The molecule has 0 unspecified atom stereocenters. The number of aromatic nitrogens is 1. The van der Waals surface area contributed by atoms with Gasteiger partial charge in [-0.1, -0.05) is 0 Å². The zero-order valence-electron chi connectivity index (χ0n) is 6.79. The molecule has 0 amide bonds. The lowest BCUT2D eigenvalue weighted by molar-refractivity contribution is 0.954. The number of thioether (sulfide) groups is 1. The molecule has 0 atom stereocenters. The summed E-state index contributed by atoms with van der Waals surface area (Å²) in [6.45, 7) is 2.56. The first-order valence-corrected chi connectivity index (χ1v) is 4.70. The summed E-state index contributed by atoms with van der Waals surface area (Å²) in [5.41, 5.74) is 7.64. The minimum atomic E-state index is 0.528. The molecule has 0 bridgehead atoms. The van der Waals surface area contributed by atoms with E-state index in [9.17, 15) is 0 Å². The Hall–Kier alpha value is -0.540. The molecule has 0 saturated carbocycles. The van der Waals surface area contributed by atoms with Crippen LogP contribution in [0.25, 0.3) is 0 Å². The number of aryl methyl sites for hydroxylation is 1. The standard InChI is InChI=1S/C8H12N2S/c1-6-3-7(11-2)5-10-8(6)4-9/h3,5H,4,9H2,1-2H3. The van der Waals surface area contributed by atoms with Crippen molar-refractivity contribution >= 4 is 11.8 Å². The molecule has 0 aliphatic rings. The largest absolute Gasteiger partial charge is 0.325 e. The van der Waals surface area contributed by atoms with Gasteiger partial charge in [-0.2, -0.15) is 0 Å². The van der Waals surface area contributed by atoms with E-state index in [0.717, 1.165) is 5.69 Å². The Labute approximate surface area is 71.2 Å². The van der Waals surface area contributed by atoms with Gasteiger partial charge in [-0.3, -0.25) is 4.98 Å². The maximum atomic E-state index is 5.47. The molecule has 3 heteroatoms. The third-order valence-corrected chi connectivity index (χ3v) is 2.29. The SMILES string of the molecule is CSc1cnc(CN)c(C)c1. The molecule has 0 aromatic carbocycles. The van der Waals surface area contributed by atoms with Crippen LogP contribution in [-0.4, -0.2) is 11.2 Å². The van der Waals surface area contributed by atoms with E-state index in [4.69, 9.17) is 5.73 Å². The van der Waals surface area contributed by atoms with Crippen molar-refractivity contribution in [1.82, 2.24) is 4.98 Å². The van der Waals surface area contributed by atoms with E-state index in [1.54, 1.807) is 11.8 Å². The second kappa shape index (κ2) is 3.74. The van der Waals surface area contributed by atoms with Gasteiger partial charge in [0, 0.05) is 17.6 Å². The van der Waals surface area contributed by atoms with Crippen molar-refractivity contribution in [3.63, 3.8) is 0 Å². The molecule has 0 spiro atoms. The van der Waals surface area contributed by atoms with Crippen LogP contribution in [0.5, 0.6) is 0 Å². The summed E-state index contributed by atoms with van der Waals surface area (Å²) < 4.78 is 0. The molecule has 1 heterocycles. The van der Waals surface area contributed by atoms with E-state index in [1.165, 1.54) is 10.5 Å². The maximum Gasteiger partial charge on any atom is 0.0569 e. The van der Waals surface area contributed by atoms with E-state index < -0.39 is 0 Å². The molecule has 2 nitrogen and oxygen atoms in total. The summed E-state index contributed by atoms with van der Waals surface area (Å²) in [5, 5.41) is 0. The van der Waals surface area contributed by atoms with Crippen LogP contribution >= 0.6 is 11.8 Å². The molecule has 0 fully saturated rings. The van der Waals surface area contributed by atoms with Gasteiger partial charge in [0.1, 0.15) is 0 Å². The molecular weight excluding hydrogens is 156 g/mol.